The van der Waals surface area contributed by atoms with Crippen LogP contribution < -0.4 is 16.0 Å². The first-order valence-corrected chi connectivity index (χ1v) is 10.8. The van der Waals surface area contributed by atoms with E-state index in [0.717, 1.165) is 21.8 Å². The van der Waals surface area contributed by atoms with Gasteiger partial charge in [-0.15, -0.1) is 13.2 Å². The Bertz CT molecular complexity index is 1480. The predicted molar refractivity (Wildman–Crippen MR) is 123 cm³/mol. The zero-order chi connectivity index (χ0) is 25.3. The van der Waals surface area contributed by atoms with Crippen molar-refractivity contribution in [1.29, 1.82) is 0 Å². The van der Waals surface area contributed by atoms with Crippen molar-refractivity contribution < 1.29 is 23.0 Å². The summed E-state index contributed by atoms with van der Waals surface area (Å²) in [6.07, 6.45) is -4.75. The summed E-state index contributed by atoms with van der Waals surface area (Å²) in [5, 5.41) is 9.19. The molecule has 2 aromatic carbocycles. The van der Waals surface area contributed by atoms with Crippen molar-refractivity contribution in [2.75, 3.05) is 6.61 Å². The summed E-state index contributed by atoms with van der Waals surface area (Å²) >= 11 is 0. The molecule has 0 spiro atoms. The minimum Gasteiger partial charge on any atom is -0.405 e. The number of para-hydroxylation sites is 1. The van der Waals surface area contributed by atoms with Crippen LogP contribution in [0.1, 0.15) is 17.5 Å². The van der Waals surface area contributed by atoms with Crippen LogP contribution in [0, 0.1) is 6.92 Å². The molecule has 11 heteroatoms. The number of aromatic nitrogens is 4. The van der Waals surface area contributed by atoms with E-state index in [2.05, 4.69) is 9.72 Å². The molecule has 4 aromatic rings. The molecule has 2 heterocycles. The lowest BCUT2D eigenvalue weighted by Crippen LogP contribution is -2.39. The lowest BCUT2D eigenvalue weighted by atomic mass is 10.1. The van der Waals surface area contributed by atoms with E-state index in [-0.39, 0.29) is 48.7 Å². The molecule has 0 atom stereocenters. The van der Waals surface area contributed by atoms with Gasteiger partial charge in [0.05, 0.1) is 5.56 Å². The van der Waals surface area contributed by atoms with Crippen LogP contribution in [0.3, 0.4) is 0 Å². The fraction of sp³-hybridized carbons (Fsp3) is 0.292. The van der Waals surface area contributed by atoms with Crippen molar-refractivity contribution in [2.45, 2.75) is 32.8 Å². The van der Waals surface area contributed by atoms with E-state index in [1.807, 2.05) is 31.2 Å². The van der Waals surface area contributed by atoms with Crippen LogP contribution in [-0.4, -0.2) is 36.8 Å². The second-order valence-corrected chi connectivity index (χ2v) is 8.10. The van der Waals surface area contributed by atoms with Gasteiger partial charge in [-0.3, -0.25) is 13.9 Å². The number of benzene rings is 2. The Balaban J connectivity index is 2.03. The van der Waals surface area contributed by atoms with Gasteiger partial charge in [-0.1, -0.05) is 42.0 Å². The molecule has 35 heavy (non-hydrogen) atoms. The number of alkyl halides is 3. The fourth-order valence-electron chi connectivity index (χ4n) is 3.90. The van der Waals surface area contributed by atoms with Gasteiger partial charge in [0.2, 0.25) is 0 Å². The highest BCUT2D eigenvalue weighted by Crippen LogP contribution is 2.34. The van der Waals surface area contributed by atoms with E-state index in [1.54, 1.807) is 0 Å². The summed E-state index contributed by atoms with van der Waals surface area (Å²) in [5.74, 6) is -0.432. The highest BCUT2D eigenvalue weighted by Gasteiger charge is 2.33. The maximum absolute atomic E-state index is 13.4. The molecule has 4 rings (SSSR count). The Kier molecular flexibility index (Phi) is 6.53. The Labute approximate surface area is 197 Å². The van der Waals surface area contributed by atoms with E-state index in [9.17, 15) is 27.9 Å². The predicted octanol–water partition coefficient (Wildman–Crippen LogP) is 3.20. The average molecular weight is 488 g/mol. The summed E-state index contributed by atoms with van der Waals surface area (Å²) in [6, 6.07) is 13.0. The average Bonchev–Trinajstić information content (AvgIpc) is 3.17. The lowest BCUT2D eigenvalue weighted by molar-refractivity contribution is -0.274. The number of aliphatic hydroxyl groups is 1. The summed E-state index contributed by atoms with van der Waals surface area (Å²) in [7, 11) is 1.44. The molecule has 0 amide bonds. The molecular formula is C24H23F3N4O4. The van der Waals surface area contributed by atoms with Crippen LogP contribution >= 0.6 is 0 Å². The highest BCUT2D eigenvalue weighted by molar-refractivity contribution is 5.79. The fourth-order valence-corrected chi connectivity index (χ4v) is 3.90. The molecule has 0 aliphatic heterocycles. The second kappa shape index (κ2) is 9.41. The number of hydrogen-bond donors (Lipinski definition) is 1. The third kappa shape index (κ3) is 4.85. The molecular weight excluding hydrogens is 465 g/mol. The van der Waals surface area contributed by atoms with Crippen molar-refractivity contribution in [1.82, 2.24) is 18.7 Å². The Morgan fingerprint density at radius 3 is 2.37 bits per heavy atom. The molecule has 0 aliphatic rings. The first-order chi connectivity index (χ1) is 16.6. The van der Waals surface area contributed by atoms with Gasteiger partial charge < -0.3 is 14.4 Å². The number of imidazole rings is 1. The number of aliphatic hydroxyl groups excluding tert-OH is 1. The Morgan fingerprint density at radius 1 is 1.03 bits per heavy atom. The standard InChI is InChI=1S/C24H23F3N4O4/c1-15-8-10-16(11-9-15)14-31-19-21(29(2)23(34)30(22(19)33)12-5-13-32)28-20(31)17-6-3-4-7-18(17)35-24(25,26)27/h3-4,6-11,32H,5,12-14H2,1-2H3. The van der Waals surface area contributed by atoms with Crippen LogP contribution in [-0.2, 0) is 20.1 Å². The SMILES string of the molecule is Cc1ccc(Cn2c(-c3ccccc3OC(F)(F)F)nc3c2c(=O)n(CCCO)c(=O)n3C)cc1. The number of ether oxygens (including phenoxy) is 1. The zero-order valence-electron chi connectivity index (χ0n) is 19.0. The molecule has 0 radical (unpaired) electrons. The van der Waals surface area contributed by atoms with Crippen molar-refractivity contribution in [3.8, 4) is 17.1 Å². The number of halogens is 3. The van der Waals surface area contributed by atoms with E-state index in [0.29, 0.717) is 0 Å². The van der Waals surface area contributed by atoms with Gasteiger partial charge in [0.15, 0.2) is 11.2 Å². The van der Waals surface area contributed by atoms with Gasteiger partial charge in [-0.2, -0.15) is 0 Å². The monoisotopic (exact) mass is 488 g/mol. The molecule has 0 bridgehead atoms. The molecule has 1 N–H and O–H groups in total. The van der Waals surface area contributed by atoms with Crippen LogP contribution in [0.4, 0.5) is 13.2 Å². The van der Waals surface area contributed by atoms with E-state index in [1.165, 1.54) is 34.4 Å². The van der Waals surface area contributed by atoms with Crippen molar-refractivity contribution in [3.05, 3.63) is 80.5 Å². The minimum atomic E-state index is -4.94. The van der Waals surface area contributed by atoms with Crippen LogP contribution in [0.15, 0.2) is 58.1 Å². The number of hydrogen-bond acceptors (Lipinski definition) is 5. The third-order valence-corrected chi connectivity index (χ3v) is 5.59. The van der Waals surface area contributed by atoms with Gasteiger partial charge in [0.1, 0.15) is 11.6 Å². The molecule has 0 unspecified atom stereocenters. The quantitative estimate of drug-likeness (QED) is 0.432. The smallest absolute Gasteiger partial charge is 0.405 e. The molecule has 0 saturated heterocycles. The van der Waals surface area contributed by atoms with E-state index in [4.69, 9.17) is 0 Å². The maximum atomic E-state index is 13.4. The van der Waals surface area contributed by atoms with Gasteiger partial charge in [0.25, 0.3) is 5.56 Å². The second-order valence-electron chi connectivity index (χ2n) is 8.10. The normalized spacial score (nSPS) is 11.8. The van der Waals surface area contributed by atoms with E-state index < -0.39 is 23.4 Å². The lowest BCUT2D eigenvalue weighted by Gasteiger charge is -2.15. The number of nitrogens with zero attached hydrogens (tertiary/aromatic N) is 4. The summed E-state index contributed by atoms with van der Waals surface area (Å²) < 4.78 is 47.2. The largest absolute Gasteiger partial charge is 0.573 e. The molecule has 2 aromatic heterocycles. The van der Waals surface area contributed by atoms with Gasteiger partial charge >= 0.3 is 12.1 Å². The van der Waals surface area contributed by atoms with Gasteiger partial charge in [-0.05, 0) is 31.0 Å². The van der Waals surface area contributed by atoms with Crippen LogP contribution in [0.25, 0.3) is 22.6 Å². The third-order valence-electron chi connectivity index (χ3n) is 5.59. The van der Waals surface area contributed by atoms with Crippen molar-refractivity contribution in [2.24, 2.45) is 7.05 Å². The highest BCUT2D eigenvalue weighted by atomic mass is 19.4. The molecule has 8 nitrogen and oxygen atoms in total. The summed E-state index contributed by atoms with van der Waals surface area (Å²) in [6.45, 7) is 1.79. The number of fused-ring (bicyclic) bond motifs is 1. The topological polar surface area (TPSA) is 91.3 Å². The Hall–Kier alpha value is -3.86. The van der Waals surface area contributed by atoms with Crippen LogP contribution in [0.5, 0.6) is 5.75 Å². The van der Waals surface area contributed by atoms with E-state index >= 15 is 0 Å². The molecule has 0 saturated carbocycles. The first kappa shape index (κ1) is 24.3. The molecule has 184 valence electrons. The first-order valence-electron chi connectivity index (χ1n) is 10.8. The van der Waals surface area contributed by atoms with Crippen molar-refractivity contribution in [3.63, 3.8) is 0 Å². The number of rotatable bonds is 7. The molecule has 0 fully saturated rings. The Morgan fingerprint density at radius 2 is 1.71 bits per heavy atom. The summed E-state index contributed by atoms with van der Waals surface area (Å²) in [4.78, 5) is 30.7. The van der Waals surface area contributed by atoms with Gasteiger partial charge in [-0.25, -0.2) is 9.78 Å². The molecule has 0 aliphatic carbocycles. The van der Waals surface area contributed by atoms with Crippen molar-refractivity contribution >= 4 is 11.2 Å². The summed E-state index contributed by atoms with van der Waals surface area (Å²) in [5.41, 5.74) is 0.620. The zero-order valence-corrected chi connectivity index (χ0v) is 19.0. The number of aryl methyl sites for hydroxylation is 2. The van der Waals surface area contributed by atoms with Gasteiger partial charge in [0, 0.05) is 26.7 Å². The maximum Gasteiger partial charge on any atom is 0.573 e. The van der Waals surface area contributed by atoms with Crippen LogP contribution in [0.2, 0.25) is 0 Å². The minimum absolute atomic E-state index is 0.0156.